The van der Waals surface area contributed by atoms with Gasteiger partial charge in [-0.25, -0.2) is 4.98 Å². The van der Waals surface area contributed by atoms with Crippen LogP contribution in [0.3, 0.4) is 0 Å². The normalized spacial score (nSPS) is 11.1. The highest BCUT2D eigenvalue weighted by atomic mass is 35.5. The molecule has 21 heavy (non-hydrogen) atoms. The Labute approximate surface area is 134 Å². The zero-order valence-corrected chi connectivity index (χ0v) is 13.6. The van der Waals surface area contributed by atoms with Crippen LogP contribution in [0.2, 0.25) is 5.02 Å². The van der Waals surface area contributed by atoms with Gasteiger partial charge in [-0.1, -0.05) is 42.0 Å². The zero-order chi connectivity index (χ0) is 14.8. The lowest BCUT2D eigenvalue weighted by Crippen LogP contribution is -2.15. The van der Waals surface area contributed by atoms with E-state index in [1.54, 1.807) is 11.8 Å². The van der Waals surface area contributed by atoms with E-state index in [0.717, 1.165) is 22.0 Å². The van der Waals surface area contributed by atoms with E-state index >= 15 is 0 Å². The van der Waals surface area contributed by atoms with Gasteiger partial charge in [0.05, 0.1) is 10.7 Å². The minimum absolute atomic E-state index is 0.134. The Morgan fingerprint density at radius 1 is 1.38 bits per heavy atom. The Balaban J connectivity index is 1.87. The Morgan fingerprint density at radius 2 is 2.19 bits per heavy atom. The van der Waals surface area contributed by atoms with Crippen molar-refractivity contribution in [3.8, 4) is 0 Å². The van der Waals surface area contributed by atoms with E-state index < -0.39 is 0 Å². The molecule has 2 heterocycles. The third-order valence-corrected chi connectivity index (χ3v) is 5.46. The van der Waals surface area contributed by atoms with E-state index in [4.69, 9.17) is 11.6 Å². The van der Waals surface area contributed by atoms with E-state index in [1.807, 2.05) is 31.2 Å². The summed E-state index contributed by atoms with van der Waals surface area (Å²) in [6.45, 7) is 2.01. The lowest BCUT2D eigenvalue weighted by atomic mass is 10.4. The van der Waals surface area contributed by atoms with Gasteiger partial charge in [-0.15, -0.1) is 11.8 Å². The number of halogens is 1. The molecule has 0 N–H and O–H groups in total. The van der Waals surface area contributed by atoms with Crippen LogP contribution in [0.1, 0.15) is 17.6 Å². The molecule has 0 radical (unpaired) electrons. The second-order valence-electron chi connectivity index (χ2n) is 4.35. The van der Waals surface area contributed by atoms with E-state index in [0.29, 0.717) is 15.7 Å². The maximum absolute atomic E-state index is 12.0. The Bertz CT molecular complexity index is 844. The van der Waals surface area contributed by atoms with Gasteiger partial charge in [0.2, 0.25) is 4.96 Å². The molecule has 7 heteroatoms. The summed E-state index contributed by atoms with van der Waals surface area (Å²) in [5.41, 5.74) is 0.613. The molecule has 0 aliphatic heterocycles. The highest BCUT2D eigenvalue weighted by molar-refractivity contribution is 7.98. The quantitative estimate of drug-likeness (QED) is 0.682. The van der Waals surface area contributed by atoms with E-state index in [9.17, 15) is 4.79 Å². The van der Waals surface area contributed by atoms with Crippen molar-refractivity contribution in [2.24, 2.45) is 0 Å². The van der Waals surface area contributed by atoms with Gasteiger partial charge in [0, 0.05) is 16.7 Å². The second kappa shape index (κ2) is 6.17. The van der Waals surface area contributed by atoms with E-state index in [1.165, 1.54) is 21.9 Å². The minimum atomic E-state index is -0.134. The smallest absolute Gasteiger partial charge is 0.267 e. The molecule has 0 aliphatic carbocycles. The van der Waals surface area contributed by atoms with Crippen LogP contribution >= 0.6 is 34.7 Å². The van der Waals surface area contributed by atoms with Crippen molar-refractivity contribution < 1.29 is 0 Å². The van der Waals surface area contributed by atoms with Gasteiger partial charge < -0.3 is 0 Å². The average Bonchev–Trinajstić information content (AvgIpc) is 2.90. The van der Waals surface area contributed by atoms with Crippen molar-refractivity contribution >= 4 is 39.7 Å². The van der Waals surface area contributed by atoms with Gasteiger partial charge >= 0.3 is 0 Å². The topological polar surface area (TPSA) is 47.3 Å². The van der Waals surface area contributed by atoms with Crippen LogP contribution in [-0.4, -0.2) is 14.6 Å². The first-order valence-electron chi connectivity index (χ1n) is 6.43. The van der Waals surface area contributed by atoms with E-state index in [2.05, 4.69) is 10.1 Å². The van der Waals surface area contributed by atoms with Crippen molar-refractivity contribution in [2.45, 2.75) is 24.0 Å². The summed E-state index contributed by atoms with van der Waals surface area (Å²) in [5.74, 6) is 0.606. The van der Waals surface area contributed by atoms with Crippen LogP contribution in [0.5, 0.6) is 0 Å². The van der Waals surface area contributed by atoms with Crippen molar-refractivity contribution in [1.29, 1.82) is 0 Å². The van der Waals surface area contributed by atoms with Gasteiger partial charge in [0.1, 0.15) is 5.01 Å². The molecule has 1 aromatic carbocycles. The molecule has 0 saturated carbocycles. The number of aryl methyl sites for hydroxylation is 1. The molecule has 2 aromatic heterocycles. The Kier molecular flexibility index (Phi) is 4.28. The molecule has 3 aromatic rings. The summed E-state index contributed by atoms with van der Waals surface area (Å²) in [6, 6.07) is 9.19. The van der Waals surface area contributed by atoms with Gasteiger partial charge in [0.25, 0.3) is 5.56 Å². The van der Waals surface area contributed by atoms with E-state index in [-0.39, 0.29) is 5.56 Å². The fourth-order valence-electron chi connectivity index (χ4n) is 1.83. The number of hydrogen-bond acceptors (Lipinski definition) is 5. The summed E-state index contributed by atoms with van der Waals surface area (Å²) in [5, 5.41) is 5.86. The van der Waals surface area contributed by atoms with Crippen molar-refractivity contribution in [2.75, 3.05) is 0 Å². The standard InChI is InChI=1S/C14H12ClN3OS2/c1-2-12-17-18-13(19)7-9(16-14(18)21-12)8-20-11-6-4-3-5-10(11)15/h3-7H,2,8H2,1H3. The van der Waals surface area contributed by atoms with Crippen molar-refractivity contribution in [3.63, 3.8) is 0 Å². The summed E-state index contributed by atoms with van der Waals surface area (Å²) in [7, 11) is 0. The number of aromatic nitrogens is 3. The highest BCUT2D eigenvalue weighted by Gasteiger charge is 2.09. The lowest BCUT2D eigenvalue weighted by Gasteiger charge is -2.03. The van der Waals surface area contributed by atoms with Crippen LogP contribution in [0, 0.1) is 0 Å². The minimum Gasteiger partial charge on any atom is -0.267 e. The summed E-state index contributed by atoms with van der Waals surface area (Å²) < 4.78 is 1.37. The second-order valence-corrected chi connectivity index (χ2v) is 6.81. The molecular weight excluding hydrogens is 326 g/mol. The number of nitrogens with zero attached hydrogens (tertiary/aromatic N) is 3. The summed E-state index contributed by atoms with van der Waals surface area (Å²) >= 11 is 9.15. The first-order chi connectivity index (χ1) is 10.2. The molecule has 4 nitrogen and oxygen atoms in total. The molecule has 108 valence electrons. The van der Waals surface area contributed by atoms with Gasteiger partial charge in [-0.3, -0.25) is 4.79 Å². The van der Waals surface area contributed by atoms with Crippen LogP contribution in [0.25, 0.3) is 4.96 Å². The van der Waals surface area contributed by atoms with Crippen LogP contribution in [0.4, 0.5) is 0 Å². The fourth-order valence-corrected chi connectivity index (χ4v) is 3.82. The molecule has 0 atom stereocenters. The number of rotatable bonds is 4. The maximum Gasteiger partial charge on any atom is 0.275 e. The molecule has 3 rings (SSSR count). The highest BCUT2D eigenvalue weighted by Crippen LogP contribution is 2.28. The molecular formula is C14H12ClN3OS2. The molecule has 0 saturated heterocycles. The number of fused-ring (bicyclic) bond motifs is 1. The third kappa shape index (κ3) is 3.12. The Hall–Kier alpha value is -1.37. The van der Waals surface area contributed by atoms with Crippen molar-refractivity contribution in [1.82, 2.24) is 14.6 Å². The zero-order valence-electron chi connectivity index (χ0n) is 11.2. The first-order valence-corrected chi connectivity index (χ1v) is 8.61. The molecule has 0 amide bonds. The molecule has 0 spiro atoms. The van der Waals surface area contributed by atoms with Crippen molar-refractivity contribution in [3.05, 3.63) is 56.4 Å². The predicted octanol–water partition coefficient (Wildman–Crippen LogP) is 3.66. The van der Waals surface area contributed by atoms with Crippen LogP contribution < -0.4 is 5.56 Å². The molecule has 0 unspecified atom stereocenters. The summed E-state index contributed by atoms with van der Waals surface area (Å²) in [6.07, 6.45) is 0.803. The monoisotopic (exact) mass is 337 g/mol. The molecule has 0 bridgehead atoms. The SMILES string of the molecule is CCc1nn2c(=O)cc(CSc3ccccc3Cl)nc2s1. The molecule has 0 aliphatic rings. The fraction of sp³-hybridized carbons (Fsp3) is 0.214. The number of thioether (sulfide) groups is 1. The van der Waals surface area contributed by atoms with Crippen LogP contribution in [0.15, 0.2) is 40.0 Å². The average molecular weight is 338 g/mol. The predicted molar refractivity (Wildman–Crippen MR) is 87.5 cm³/mol. The lowest BCUT2D eigenvalue weighted by molar-refractivity contribution is 0.852. The summed E-state index contributed by atoms with van der Waals surface area (Å²) in [4.78, 5) is 18.2. The van der Waals surface area contributed by atoms with Gasteiger partial charge in [0.15, 0.2) is 0 Å². The van der Waals surface area contributed by atoms with Crippen LogP contribution in [-0.2, 0) is 12.2 Å². The first kappa shape index (κ1) is 14.6. The largest absolute Gasteiger partial charge is 0.275 e. The number of hydrogen-bond donors (Lipinski definition) is 0. The third-order valence-electron chi connectivity index (χ3n) is 2.85. The Morgan fingerprint density at radius 3 is 2.95 bits per heavy atom. The molecule has 0 fully saturated rings. The maximum atomic E-state index is 12.0. The van der Waals surface area contributed by atoms with Gasteiger partial charge in [-0.2, -0.15) is 9.61 Å². The van der Waals surface area contributed by atoms with Gasteiger partial charge in [-0.05, 0) is 18.6 Å². The number of benzene rings is 1.